The van der Waals surface area contributed by atoms with E-state index in [-0.39, 0.29) is 17.8 Å². The molecule has 1 atom stereocenters. The van der Waals surface area contributed by atoms with E-state index in [2.05, 4.69) is 42.6 Å². The van der Waals surface area contributed by atoms with Gasteiger partial charge in [0.05, 0.1) is 24.3 Å². The van der Waals surface area contributed by atoms with Crippen LogP contribution in [0.25, 0.3) is 0 Å². The first-order chi connectivity index (χ1) is 12.5. The van der Waals surface area contributed by atoms with Crippen LogP contribution in [0.15, 0.2) is 49.1 Å². The number of hydrogen-bond donors (Lipinski definition) is 0. The summed E-state index contributed by atoms with van der Waals surface area (Å²) in [5, 5.41) is 0. The van der Waals surface area contributed by atoms with Crippen LogP contribution in [-0.4, -0.2) is 29.1 Å². The minimum absolute atomic E-state index is 0.0530. The average Bonchev–Trinajstić information content (AvgIpc) is 2.64. The summed E-state index contributed by atoms with van der Waals surface area (Å²) in [5.41, 5.74) is 1.95. The van der Waals surface area contributed by atoms with Gasteiger partial charge in [-0.15, -0.1) is 0 Å². The van der Waals surface area contributed by atoms with Crippen molar-refractivity contribution in [3.63, 3.8) is 0 Å². The normalized spacial score (nSPS) is 12.2. The molecule has 0 radical (unpaired) electrons. The van der Waals surface area contributed by atoms with Gasteiger partial charge in [0.15, 0.2) is 0 Å². The molecule has 0 spiro atoms. The Morgan fingerprint density at radius 1 is 1.04 bits per heavy atom. The highest BCUT2D eigenvalue weighted by molar-refractivity contribution is 5.72. The van der Waals surface area contributed by atoms with E-state index in [4.69, 9.17) is 4.74 Å². The van der Waals surface area contributed by atoms with E-state index < -0.39 is 0 Å². The number of pyridine rings is 2. The molecular weight excluding hydrogens is 326 g/mol. The van der Waals surface area contributed by atoms with Crippen LogP contribution in [0.4, 0.5) is 11.4 Å². The van der Waals surface area contributed by atoms with Crippen molar-refractivity contribution in [2.45, 2.75) is 34.1 Å². The van der Waals surface area contributed by atoms with Gasteiger partial charge in [-0.2, -0.15) is 0 Å². The highest BCUT2D eigenvalue weighted by atomic mass is 16.5. The molecule has 0 aliphatic heterocycles. The smallest absolute Gasteiger partial charge is 0.309 e. The average molecular weight is 355 g/mol. The lowest BCUT2D eigenvalue weighted by Gasteiger charge is -2.25. The Bertz CT molecular complexity index is 620. The van der Waals surface area contributed by atoms with E-state index in [1.165, 1.54) is 0 Å². The third-order valence-corrected chi connectivity index (χ3v) is 4.32. The third-order valence-electron chi connectivity index (χ3n) is 4.32. The van der Waals surface area contributed by atoms with E-state index in [1.807, 2.05) is 24.3 Å². The quantitative estimate of drug-likeness (QED) is 0.621. The molecule has 0 aromatic carbocycles. The first kappa shape index (κ1) is 19.9. The Kier molecular flexibility index (Phi) is 7.57. The van der Waals surface area contributed by atoms with Crippen molar-refractivity contribution < 1.29 is 9.53 Å². The highest BCUT2D eigenvalue weighted by Gasteiger charge is 2.24. The lowest BCUT2D eigenvalue weighted by Crippen LogP contribution is -2.28. The van der Waals surface area contributed by atoms with Gasteiger partial charge in [0, 0.05) is 24.3 Å². The molecule has 0 saturated heterocycles. The predicted molar refractivity (Wildman–Crippen MR) is 104 cm³/mol. The van der Waals surface area contributed by atoms with Crippen LogP contribution in [0.5, 0.6) is 0 Å². The molecular formula is C21H29N3O2. The fraction of sp³-hybridized carbons (Fsp3) is 0.476. The molecule has 140 valence electrons. The lowest BCUT2D eigenvalue weighted by molar-refractivity contribution is -0.150. The van der Waals surface area contributed by atoms with E-state index in [1.54, 1.807) is 24.8 Å². The topological polar surface area (TPSA) is 55.3 Å². The summed E-state index contributed by atoms with van der Waals surface area (Å²) < 4.78 is 5.62. The van der Waals surface area contributed by atoms with Gasteiger partial charge in [0.1, 0.15) is 6.61 Å². The molecule has 0 amide bonds. The van der Waals surface area contributed by atoms with Crippen molar-refractivity contribution in [2.24, 2.45) is 17.8 Å². The number of rotatable bonds is 9. The fourth-order valence-electron chi connectivity index (χ4n) is 2.94. The molecule has 26 heavy (non-hydrogen) atoms. The van der Waals surface area contributed by atoms with Gasteiger partial charge in [-0.05, 0) is 42.5 Å². The Hall–Kier alpha value is -2.43. The summed E-state index contributed by atoms with van der Waals surface area (Å²) in [4.78, 5) is 22.9. The zero-order chi connectivity index (χ0) is 18.9. The van der Waals surface area contributed by atoms with Crippen LogP contribution in [0.2, 0.25) is 0 Å². The molecule has 5 heteroatoms. The molecule has 5 nitrogen and oxygen atoms in total. The van der Waals surface area contributed by atoms with Crippen molar-refractivity contribution in [1.82, 2.24) is 9.97 Å². The Balaban J connectivity index is 2.02. The molecule has 1 unspecified atom stereocenters. The minimum atomic E-state index is -0.102. The van der Waals surface area contributed by atoms with Crippen molar-refractivity contribution in [1.29, 1.82) is 0 Å². The fourth-order valence-corrected chi connectivity index (χ4v) is 2.94. The van der Waals surface area contributed by atoms with Gasteiger partial charge in [0.25, 0.3) is 0 Å². The molecule has 0 fully saturated rings. The summed E-state index contributed by atoms with van der Waals surface area (Å²) in [6, 6.07) is 7.76. The second-order valence-corrected chi connectivity index (χ2v) is 7.22. The number of hydrogen-bond acceptors (Lipinski definition) is 5. The monoisotopic (exact) mass is 355 g/mol. The molecule has 0 saturated carbocycles. The SMILES string of the molecule is CC(C)CC(C(=O)OCCN(c1ccncc1)c1cccnc1)C(C)C. The summed E-state index contributed by atoms with van der Waals surface area (Å²) >= 11 is 0. The molecule has 2 rings (SSSR count). The first-order valence-corrected chi connectivity index (χ1v) is 9.23. The van der Waals surface area contributed by atoms with Gasteiger partial charge in [-0.25, -0.2) is 0 Å². The van der Waals surface area contributed by atoms with Crippen molar-refractivity contribution in [3.8, 4) is 0 Å². The molecule has 2 aromatic rings. The minimum Gasteiger partial charge on any atom is -0.464 e. The summed E-state index contributed by atoms with van der Waals surface area (Å²) in [7, 11) is 0. The maximum absolute atomic E-state index is 12.5. The maximum Gasteiger partial charge on any atom is 0.309 e. The highest BCUT2D eigenvalue weighted by Crippen LogP contribution is 2.24. The lowest BCUT2D eigenvalue weighted by atomic mass is 9.88. The van der Waals surface area contributed by atoms with Crippen LogP contribution in [0, 0.1) is 17.8 Å². The number of esters is 1. The van der Waals surface area contributed by atoms with Crippen molar-refractivity contribution in [3.05, 3.63) is 49.1 Å². The van der Waals surface area contributed by atoms with E-state index in [0.29, 0.717) is 19.1 Å². The second kappa shape index (κ2) is 9.90. The largest absolute Gasteiger partial charge is 0.464 e. The first-order valence-electron chi connectivity index (χ1n) is 9.23. The third kappa shape index (κ3) is 5.83. The van der Waals surface area contributed by atoms with Gasteiger partial charge in [-0.1, -0.05) is 27.7 Å². The number of aromatic nitrogens is 2. The van der Waals surface area contributed by atoms with Crippen molar-refractivity contribution in [2.75, 3.05) is 18.1 Å². The molecule has 0 aliphatic carbocycles. The molecule has 0 bridgehead atoms. The van der Waals surface area contributed by atoms with Gasteiger partial charge < -0.3 is 9.64 Å². The molecule has 2 aromatic heterocycles. The Morgan fingerprint density at radius 3 is 2.35 bits per heavy atom. The predicted octanol–water partition coefficient (Wildman–Crippen LogP) is 4.48. The maximum atomic E-state index is 12.5. The van der Waals surface area contributed by atoms with Crippen molar-refractivity contribution >= 4 is 17.3 Å². The van der Waals surface area contributed by atoms with Crippen LogP contribution in [0.3, 0.4) is 0 Å². The van der Waals surface area contributed by atoms with E-state index in [0.717, 1.165) is 17.8 Å². The van der Waals surface area contributed by atoms with Gasteiger partial charge in [0.2, 0.25) is 0 Å². The van der Waals surface area contributed by atoms with Crippen LogP contribution in [-0.2, 0) is 9.53 Å². The van der Waals surface area contributed by atoms with Crippen LogP contribution < -0.4 is 4.90 Å². The van der Waals surface area contributed by atoms with Gasteiger partial charge >= 0.3 is 5.97 Å². The van der Waals surface area contributed by atoms with E-state index in [9.17, 15) is 4.79 Å². The zero-order valence-electron chi connectivity index (χ0n) is 16.1. The standard InChI is InChI=1S/C21H29N3O2/c1-16(2)14-20(17(3)4)21(25)26-13-12-24(18-7-10-22-11-8-18)19-6-5-9-23-15-19/h5-11,15-17,20H,12-14H2,1-4H3. The number of ether oxygens (including phenoxy) is 1. The Labute approximate surface area is 156 Å². The number of carbonyl (C=O) groups excluding carboxylic acids is 1. The number of nitrogens with zero attached hydrogens (tertiary/aromatic N) is 3. The molecule has 0 N–H and O–H groups in total. The summed E-state index contributed by atoms with van der Waals surface area (Å²) in [6.45, 7) is 9.32. The summed E-state index contributed by atoms with van der Waals surface area (Å²) in [6.07, 6.45) is 7.91. The Morgan fingerprint density at radius 2 is 1.77 bits per heavy atom. The summed E-state index contributed by atoms with van der Waals surface area (Å²) in [5.74, 6) is 0.593. The number of carbonyl (C=O) groups is 1. The zero-order valence-corrected chi connectivity index (χ0v) is 16.1. The van der Waals surface area contributed by atoms with E-state index >= 15 is 0 Å². The number of anilines is 2. The van der Waals surface area contributed by atoms with Crippen LogP contribution in [0.1, 0.15) is 34.1 Å². The second-order valence-electron chi connectivity index (χ2n) is 7.22. The molecule has 0 aliphatic rings. The molecule has 2 heterocycles. The van der Waals surface area contributed by atoms with Gasteiger partial charge in [-0.3, -0.25) is 14.8 Å². The van der Waals surface area contributed by atoms with Crippen LogP contribution >= 0.6 is 0 Å².